The molecule has 0 saturated heterocycles. The Labute approximate surface area is 73.6 Å². The zero-order valence-corrected chi connectivity index (χ0v) is 7.99. The van der Waals surface area contributed by atoms with E-state index >= 15 is 0 Å². The molecule has 2 N–H and O–H groups in total. The number of hydrogen-bond donors (Lipinski definition) is 1. The summed E-state index contributed by atoms with van der Waals surface area (Å²) in [5.41, 5.74) is 6.94. The molecule has 0 bridgehead atoms. The van der Waals surface area contributed by atoms with Crippen LogP contribution in [0.1, 0.15) is 19.5 Å². The van der Waals surface area contributed by atoms with Gasteiger partial charge in [0.15, 0.2) is 0 Å². The molecule has 3 nitrogen and oxygen atoms in total. The Morgan fingerprint density at radius 3 is 2.67 bits per heavy atom. The Morgan fingerprint density at radius 2 is 2.25 bits per heavy atom. The standard InChI is InChI=1S/C9H17N3/c1-7(2)9(10)6-12-5-4-8(3)11-12/h4-5,7,9H,6,10H2,1-3H3. The molecule has 0 aliphatic rings. The highest BCUT2D eigenvalue weighted by atomic mass is 15.3. The maximum absolute atomic E-state index is 5.90. The maximum atomic E-state index is 5.90. The van der Waals surface area contributed by atoms with Crippen molar-refractivity contribution in [3.63, 3.8) is 0 Å². The Balaban J connectivity index is 2.52. The van der Waals surface area contributed by atoms with Crippen molar-refractivity contribution in [3.8, 4) is 0 Å². The molecule has 3 heteroatoms. The predicted octanol–water partition coefficient (Wildman–Crippen LogP) is 1.17. The lowest BCUT2D eigenvalue weighted by Gasteiger charge is -2.14. The number of rotatable bonds is 3. The Kier molecular flexibility index (Phi) is 2.87. The third-order valence-electron chi connectivity index (χ3n) is 2.03. The summed E-state index contributed by atoms with van der Waals surface area (Å²) in [7, 11) is 0. The van der Waals surface area contributed by atoms with Crippen LogP contribution in [0.2, 0.25) is 0 Å². The van der Waals surface area contributed by atoms with E-state index in [0.717, 1.165) is 12.2 Å². The molecule has 0 aliphatic heterocycles. The molecule has 0 aromatic carbocycles. The van der Waals surface area contributed by atoms with Gasteiger partial charge in [0.1, 0.15) is 0 Å². The van der Waals surface area contributed by atoms with Crippen LogP contribution in [0.4, 0.5) is 0 Å². The smallest absolute Gasteiger partial charge is 0.0593 e. The van der Waals surface area contributed by atoms with Gasteiger partial charge in [-0.25, -0.2) is 0 Å². The first-order valence-corrected chi connectivity index (χ1v) is 4.35. The average Bonchev–Trinajstić information content (AvgIpc) is 2.35. The van der Waals surface area contributed by atoms with E-state index in [9.17, 15) is 0 Å². The van der Waals surface area contributed by atoms with E-state index < -0.39 is 0 Å². The summed E-state index contributed by atoms with van der Waals surface area (Å²) >= 11 is 0. The number of aromatic nitrogens is 2. The van der Waals surface area contributed by atoms with Gasteiger partial charge in [0.05, 0.1) is 12.2 Å². The van der Waals surface area contributed by atoms with Gasteiger partial charge in [0.2, 0.25) is 0 Å². The van der Waals surface area contributed by atoms with Gasteiger partial charge >= 0.3 is 0 Å². The van der Waals surface area contributed by atoms with Crippen LogP contribution in [-0.2, 0) is 6.54 Å². The summed E-state index contributed by atoms with van der Waals surface area (Å²) in [6, 6.07) is 2.19. The van der Waals surface area contributed by atoms with Gasteiger partial charge in [-0.3, -0.25) is 4.68 Å². The van der Waals surface area contributed by atoms with Gasteiger partial charge in [-0.2, -0.15) is 5.10 Å². The Bertz CT molecular complexity index is 240. The van der Waals surface area contributed by atoms with E-state index in [4.69, 9.17) is 5.73 Å². The van der Waals surface area contributed by atoms with Crippen LogP contribution in [0.3, 0.4) is 0 Å². The number of nitrogens with zero attached hydrogens (tertiary/aromatic N) is 2. The average molecular weight is 167 g/mol. The first kappa shape index (κ1) is 9.26. The molecule has 1 unspecified atom stereocenters. The van der Waals surface area contributed by atoms with E-state index in [0.29, 0.717) is 5.92 Å². The highest BCUT2D eigenvalue weighted by Gasteiger charge is 2.08. The van der Waals surface area contributed by atoms with Gasteiger partial charge in [-0.05, 0) is 18.9 Å². The number of aryl methyl sites for hydroxylation is 1. The maximum Gasteiger partial charge on any atom is 0.0593 e. The molecule has 0 radical (unpaired) electrons. The highest BCUT2D eigenvalue weighted by Crippen LogP contribution is 2.01. The van der Waals surface area contributed by atoms with Crippen molar-refractivity contribution in [2.24, 2.45) is 11.7 Å². The summed E-state index contributed by atoms with van der Waals surface area (Å²) in [6.07, 6.45) is 1.97. The second kappa shape index (κ2) is 3.72. The zero-order valence-electron chi connectivity index (χ0n) is 7.99. The van der Waals surface area contributed by atoms with Gasteiger partial charge < -0.3 is 5.73 Å². The Hall–Kier alpha value is -0.830. The minimum atomic E-state index is 0.198. The molecule has 0 aliphatic carbocycles. The van der Waals surface area contributed by atoms with Crippen molar-refractivity contribution < 1.29 is 0 Å². The first-order chi connectivity index (χ1) is 5.59. The Morgan fingerprint density at radius 1 is 1.58 bits per heavy atom. The van der Waals surface area contributed by atoms with Crippen LogP contribution in [0, 0.1) is 12.8 Å². The molecular formula is C9H17N3. The SMILES string of the molecule is Cc1ccn(CC(N)C(C)C)n1. The third kappa shape index (κ3) is 2.34. The molecule has 0 amide bonds. The van der Waals surface area contributed by atoms with Gasteiger partial charge in [0.25, 0.3) is 0 Å². The van der Waals surface area contributed by atoms with Crippen LogP contribution in [-0.4, -0.2) is 15.8 Å². The fourth-order valence-corrected chi connectivity index (χ4v) is 0.992. The summed E-state index contributed by atoms with van der Waals surface area (Å²) in [5.74, 6) is 0.509. The van der Waals surface area contributed by atoms with Crippen molar-refractivity contribution in [1.82, 2.24) is 9.78 Å². The van der Waals surface area contributed by atoms with E-state index in [-0.39, 0.29) is 6.04 Å². The molecule has 1 rings (SSSR count). The van der Waals surface area contributed by atoms with Crippen molar-refractivity contribution in [3.05, 3.63) is 18.0 Å². The molecular weight excluding hydrogens is 150 g/mol. The quantitative estimate of drug-likeness (QED) is 0.734. The second-order valence-corrected chi connectivity index (χ2v) is 3.59. The van der Waals surface area contributed by atoms with Crippen molar-refractivity contribution in [2.45, 2.75) is 33.4 Å². The third-order valence-corrected chi connectivity index (χ3v) is 2.03. The molecule has 0 spiro atoms. The van der Waals surface area contributed by atoms with Crippen LogP contribution < -0.4 is 5.73 Å². The van der Waals surface area contributed by atoms with Crippen LogP contribution in [0.15, 0.2) is 12.3 Å². The summed E-state index contributed by atoms with van der Waals surface area (Å²) in [5, 5.41) is 4.27. The zero-order chi connectivity index (χ0) is 9.14. The molecule has 68 valence electrons. The van der Waals surface area contributed by atoms with E-state index in [2.05, 4.69) is 18.9 Å². The molecule has 1 aromatic heterocycles. The summed E-state index contributed by atoms with van der Waals surface area (Å²) in [4.78, 5) is 0. The van der Waals surface area contributed by atoms with Gasteiger partial charge in [0, 0.05) is 12.2 Å². The lowest BCUT2D eigenvalue weighted by atomic mass is 10.1. The lowest BCUT2D eigenvalue weighted by Crippen LogP contribution is -2.31. The summed E-state index contributed by atoms with van der Waals surface area (Å²) in [6.45, 7) is 7.05. The van der Waals surface area contributed by atoms with Gasteiger partial charge in [-0.15, -0.1) is 0 Å². The largest absolute Gasteiger partial charge is 0.326 e. The molecule has 1 heterocycles. The van der Waals surface area contributed by atoms with Crippen LogP contribution >= 0.6 is 0 Å². The lowest BCUT2D eigenvalue weighted by molar-refractivity contribution is 0.412. The predicted molar refractivity (Wildman–Crippen MR) is 49.8 cm³/mol. The van der Waals surface area contributed by atoms with Crippen molar-refractivity contribution in [2.75, 3.05) is 0 Å². The molecule has 0 fully saturated rings. The van der Waals surface area contributed by atoms with Crippen molar-refractivity contribution in [1.29, 1.82) is 0 Å². The minimum Gasteiger partial charge on any atom is -0.326 e. The molecule has 1 aromatic rings. The van der Waals surface area contributed by atoms with Gasteiger partial charge in [-0.1, -0.05) is 13.8 Å². The fourth-order valence-electron chi connectivity index (χ4n) is 0.992. The number of hydrogen-bond acceptors (Lipinski definition) is 2. The number of nitrogens with two attached hydrogens (primary N) is 1. The second-order valence-electron chi connectivity index (χ2n) is 3.59. The van der Waals surface area contributed by atoms with Crippen molar-refractivity contribution >= 4 is 0 Å². The van der Waals surface area contributed by atoms with Crippen LogP contribution in [0.5, 0.6) is 0 Å². The summed E-state index contributed by atoms with van der Waals surface area (Å²) < 4.78 is 1.90. The normalized spacial score (nSPS) is 13.8. The minimum absolute atomic E-state index is 0.198. The molecule has 12 heavy (non-hydrogen) atoms. The van der Waals surface area contributed by atoms with Crippen LogP contribution in [0.25, 0.3) is 0 Å². The first-order valence-electron chi connectivity index (χ1n) is 4.35. The highest BCUT2D eigenvalue weighted by molar-refractivity contribution is 4.95. The molecule has 1 atom stereocenters. The van der Waals surface area contributed by atoms with E-state index in [1.54, 1.807) is 0 Å². The van der Waals surface area contributed by atoms with E-state index in [1.165, 1.54) is 0 Å². The topological polar surface area (TPSA) is 43.8 Å². The fraction of sp³-hybridized carbons (Fsp3) is 0.667. The monoisotopic (exact) mass is 167 g/mol. The van der Waals surface area contributed by atoms with E-state index in [1.807, 2.05) is 23.9 Å². The molecule has 0 saturated carbocycles.